The number of rotatable bonds is 0. The van der Waals surface area contributed by atoms with Crippen LogP contribution in [0.5, 0.6) is 0 Å². The smallest absolute Gasteiger partial charge is 0.0652 e. The van der Waals surface area contributed by atoms with Crippen LogP contribution in [0.4, 0.5) is 0 Å². The van der Waals surface area contributed by atoms with Gasteiger partial charge in [-0.25, -0.2) is 0 Å². The zero-order valence-electron chi connectivity index (χ0n) is 8.12. The normalized spacial score (nSPS) is 21.4. The molecule has 2 rings (SSSR count). The number of fused-ring (bicyclic) bond motifs is 1. The standard InChI is InChI=1S/C11H14N2/c1-9-5-3-4-7-13-8-6-12-10(2)11(9)13/h4,6-8H,3,5H2,1-2H3. The van der Waals surface area contributed by atoms with Crippen LogP contribution in [0.25, 0.3) is 0 Å². The summed E-state index contributed by atoms with van der Waals surface area (Å²) >= 11 is 0. The minimum atomic E-state index is 1.12. The van der Waals surface area contributed by atoms with Gasteiger partial charge in [-0.1, -0.05) is 6.08 Å². The van der Waals surface area contributed by atoms with E-state index >= 15 is 0 Å². The van der Waals surface area contributed by atoms with Gasteiger partial charge in [0, 0.05) is 18.6 Å². The first-order chi connectivity index (χ1) is 6.29. The fourth-order valence-corrected chi connectivity index (χ4v) is 1.80. The summed E-state index contributed by atoms with van der Waals surface area (Å²) in [7, 11) is 0. The van der Waals surface area contributed by atoms with Gasteiger partial charge in [-0.15, -0.1) is 0 Å². The lowest BCUT2D eigenvalue weighted by Gasteiger charge is -2.23. The van der Waals surface area contributed by atoms with Crippen LogP contribution in [-0.4, -0.2) is 10.6 Å². The van der Waals surface area contributed by atoms with Crippen molar-refractivity contribution in [3.63, 3.8) is 0 Å². The highest BCUT2D eigenvalue weighted by Crippen LogP contribution is 2.23. The third-order valence-electron chi connectivity index (χ3n) is 2.45. The zero-order valence-corrected chi connectivity index (χ0v) is 8.12. The van der Waals surface area contributed by atoms with Crippen molar-refractivity contribution in [3.8, 4) is 0 Å². The molecule has 0 aromatic rings. The monoisotopic (exact) mass is 174 g/mol. The second kappa shape index (κ2) is 3.21. The van der Waals surface area contributed by atoms with E-state index < -0.39 is 0 Å². The van der Waals surface area contributed by atoms with Crippen molar-refractivity contribution in [2.45, 2.75) is 26.7 Å². The Bertz CT molecular complexity index is 332. The largest absolute Gasteiger partial charge is 0.321 e. The van der Waals surface area contributed by atoms with E-state index in [9.17, 15) is 0 Å². The van der Waals surface area contributed by atoms with E-state index in [-0.39, 0.29) is 0 Å². The van der Waals surface area contributed by atoms with E-state index in [1.165, 1.54) is 11.3 Å². The van der Waals surface area contributed by atoms with Crippen LogP contribution in [0.3, 0.4) is 0 Å². The van der Waals surface area contributed by atoms with Crippen molar-refractivity contribution in [2.75, 3.05) is 0 Å². The van der Waals surface area contributed by atoms with Gasteiger partial charge in [-0.3, -0.25) is 4.99 Å². The van der Waals surface area contributed by atoms with Crippen LogP contribution < -0.4 is 0 Å². The Morgan fingerprint density at radius 2 is 2.15 bits per heavy atom. The van der Waals surface area contributed by atoms with Gasteiger partial charge in [-0.2, -0.15) is 0 Å². The van der Waals surface area contributed by atoms with E-state index in [0.717, 1.165) is 18.6 Å². The van der Waals surface area contributed by atoms with E-state index in [1.54, 1.807) is 0 Å². The number of hydrogen-bond donors (Lipinski definition) is 0. The molecule has 0 saturated heterocycles. The molecule has 0 aromatic heterocycles. The van der Waals surface area contributed by atoms with Gasteiger partial charge in [0.05, 0.1) is 11.4 Å². The summed E-state index contributed by atoms with van der Waals surface area (Å²) in [5, 5.41) is 0. The molecular formula is C11H14N2. The Balaban J connectivity index is 2.47. The number of nitrogens with zero attached hydrogens (tertiary/aromatic N) is 2. The lowest BCUT2D eigenvalue weighted by Crippen LogP contribution is -2.19. The zero-order chi connectivity index (χ0) is 9.26. The first-order valence-electron chi connectivity index (χ1n) is 4.65. The second-order valence-electron chi connectivity index (χ2n) is 3.47. The summed E-state index contributed by atoms with van der Waals surface area (Å²) in [5.74, 6) is 0. The third kappa shape index (κ3) is 1.44. The second-order valence-corrected chi connectivity index (χ2v) is 3.47. The molecule has 0 spiro atoms. The molecule has 0 aromatic carbocycles. The Kier molecular flexibility index (Phi) is 2.05. The van der Waals surface area contributed by atoms with Gasteiger partial charge in [0.1, 0.15) is 0 Å². The van der Waals surface area contributed by atoms with Crippen LogP contribution in [0.2, 0.25) is 0 Å². The van der Waals surface area contributed by atoms with Gasteiger partial charge in [0.25, 0.3) is 0 Å². The van der Waals surface area contributed by atoms with Crippen molar-refractivity contribution < 1.29 is 0 Å². The Morgan fingerprint density at radius 3 is 3.00 bits per heavy atom. The maximum absolute atomic E-state index is 4.31. The number of hydrogen-bond acceptors (Lipinski definition) is 2. The molecule has 0 saturated carbocycles. The van der Waals surface area contributed by atoms with Crippen molar-refractivity contribution in [3.05, 3.63) is 35.9 Å². The average molecular weight is 174 g/mol. The molecule has 0 unspecified atom stereocenters. The molecule has 68 valence electrons. The molecule has 2 heteroatoms. The molecule has 2 aliphatic rings. The fraction of sp³-hybridized carbons (Fsp3) is 0.364. The molecule has 2 nitrogen and oxygen atoms in total. The van der Waals surface area contributed by atoms with Crippen LogP contribution in [0.15, 0.2) is 40.9 Å². The average Bonchev–Trinajstić information content (AvgIpc) is 2.29. The summed E-state index contributed by atoms with van der Waals surface area (Å²) in [5.41, 5.74) is 3.82. The number of allylic oxidation sites excluding steroid dienone is 3. The van der Waals surface area contributed by atoms with E-state index in [2.05, 4.69) is 36.0 Å². The van der Waals surface area contributed by atoms with Gasteiger partial charge >= 0.3 is 0 Å². The fourth-order valence-electron chi connectivity index (χ4n) is 1.80. The minimum absolute atomic E-state index is 1.12. The molecule has 13 heavy (non-hydrogen) atoms. The van der Waals surface area contributed by atoms with Crippen LogP contribution in [0.1, 0.15) is 26.7 Å². The molecule has 0 amide bonds. The summed E-state index contributed by atoms with van der Waals surface area (Å²) in [6.45, 7) is 4.25. The molecular weight excluding hydrogens is 160 g/mol. The highest BCUT2D eigenvalue weighted by molar-refractivity contribution is 5.99. The van der Waals surface area contributed by atoms with Crippen molar-refractivity contribution in [1.29, 1.82) is 0 Å². The molecule has 0 radical (unpaired) electrons. The van der Waals surface area contributed by atoms with Gasteiger partial charge in [0.15, 0.2) is 0 Å². The minimum Gasteiger partial charge on any atom is -0.321 e. The van der Waals surface area contributed by atoms with Crippen LogP contribution >= 0.6 is 0 Å². The summed E-state index contributed by atoms with van der Waals surface area (Å²) in [6.07, 6.45) is 10.5. The Labute approximate surface area is 79.0 Å². The van der Waals surface area contributed by atoms with Crippen molar-refractivity contribution in [1.82, 2.24) is 4.90 Å². The third-order valence-corrected chi connectivity index (χ3v) is 2.45. The Hall–Kier alpha value is -1.31. The molecule has 0 aliphatic carbocycles. The van der Waals surface area contributed by atoms with Gasteiger partial charge in [0.2, 0.25) is 0 Å². The highest BCUT2D eigenvalue weighted by atomic mass is 15.1. The molecule has 0 bridgehead atoms. The van der Waals surface area contributed by atoms with E-state index in [4.69, 9.17) is 0 Å². The molecule has 0 N–H and O–H groups in total. The lowest BCUT2D eigenvalue weighted by molar-refractivity contribution is 0.645. The summed E-state index contributed by atoms with van der Waals surface area (Å²) in [4.78, 5) is 6.47. The van der Waals surface area contributed by atoms with Crippen molar-refractivity contribution in [2.24, 2.45) is 4.99 Å². The maximum atomic E-state index is 4.31. The molecule has 2 heterocycles. The van der Waals surface area contributed by atoms with Crippen molar-refractivity contribution >= 4 is 5.71 Å². The first-order valence-corrected chi connectivity index (χ1v) is 4.65. The molecule has 2 aliphatic heterocycles. The highest BCUT2D eigenvalue weighted by Gasteiger charge is 2.15. The lowest BCUT2D eigenvalue weighted by atomic mass is 10.1. The Morgan fingerprint density at radius 1 is 1.31 bits per heavy atom. The van der Waals surface area contributed by atoms with Gasteiger partial charge < -0.3 is 4.90 Å². The number of aliphatic imine (C=N–C) groups is 1. The van der Waals surface area contributed by atoms with Crippen LogP contribution in [0, 0.1) is 0 Å². The first kappa shape index (κ1) is 8.30. The van der Waals surface area contributed by atoms with E-state index in [0.29, 0.717) is 0 Å². The molecule has 0 atom stereocenters. The SMILES string of the molecule is CC1=NC=CN2C=CCCC(C)=C12. The van der Waals surface area contributed by atoms with E-state index in [1.807, 2.05) is 12.4 Å². The topological polar surface area (TPSA) is 15.6 Å². The quantitative estimate of drug-likeness (QED) is 0.551. The summed E-state index contributed by atoms with van der Waals surface area (Å²) < 4.78 is 0. The summed E-state index contributed by atoms with van der Waals surface area (Å²) in [6, 6.07) is 0. The van der Waals surface area contributed by atoms with Crippen LogP contribution in [-0.2, 0) is 0 Å². The maximum Gasteiger partial charge on any atom is 0.0652 e. The predicted molar refractivity (Wildman–Crippen MR) is 55.2 cm³/mol. The molecule has 0 fully saturated rings. The van der Waals surface area contributed by atoms with Gasteiger partial charge in [-0.05, 0) is 32.3 Å². The predicted octanol–water partition coefficient (Wildman–Crippen LogP) is 2.82.